The molecule has 0 aromatic carbocycles. The highest BCUT2D eigenvalue weighted by Gasteiger charge is 2.04. The van der Waals surface area contributed by atoms with Gasteiger partial charge in [0, 0.05) is 24.3 Å². The van der Waals surface area contributed by atoms with Gasteiger partial charge >= 0.3 is 0 Å². The molecular weight excluding hydrogens is 198 g/mol. The van der Waals surface area contributed by atoms with Crippen molar-refractivity contribution in [3.63, 3.8) is 0 Å². The first-order valence-electron chi connectivity index (χ1n) is 5.85. The highest BCUT2D eigenvalue weighted by atomic mass is 14.9. The summed E-state index contributed by atoms with van der Waals surface area (Å²) in [7, 11) is 0. The van der Waals surface area contributed by atoms with Crippen molar-refractivity contribution in [2.75, 3.05) is 0 Å². The van der Waals surface area contributed by atoms with Crippen LogP contribution in [0.3, 0.4) is 0 Å². The lowest BCUT2D eigenvalue weighted by Gasteiger charge is -2.13. The monoisotopic (exact) mass is 217 g/mol. The van der Waals surface area contributed by atoms with Gasteiger partial charge in [0.15, 0.2) is 0 Å². The molecule has 0 aliphatic carbocycles. The zero-order valence-electron chi connectivity index (χ0n) is 10.0. The number of unbranched alkanes of at least 4 members (excludes halogenated alkanes) is 1. The van der Waals surface area contributed by atoms with E-state index in [9.17, 15) is 0 Å². The molecular formula is C13H19N3. The number of pyridine rings is 1. The molecule has 1 N–H and O–H groups in total. The van der Waals surface area contributed by atoms with E-state index >= 15 is 0 Å². The molecule has 0 amide bonds. The molecule has 1 heterocycles. The van der Waals surface area contributed by atoms with Gasteiger partial charge in [-0.3, -0.25) is 0 Å². The Morgan fingerprint density at radius 1 is 1.56 bits per heavy atom. The molecule has 3 heteroatoms. The Labute approximate surface area is 97.5 Å². The molecule has 0 radical (unpaired) electrons. The van der Waals surface area contributed by atoms with Gasteiger partial charge in [-0.25, -0.2) is 4.98 Å². The van der Waals surface area contributed by atoms with Gasteiger partial charge < -0.3 is 5.32 Å². The summed E-state index contributed by atoms with van der Waals surface area (Å²) in [6.45, 7) is 5.10. The first-order chi connectivity index (χ1) is 7.77. The molecule has 1 atom stereocenters. The van der Waals surface area contributed by atoms with Crippen LogP contribution in [0.1, 0.15) is 44.4 Å². The van der Waals surface area contributed by atoms with Crippen LogP contribution >= 0.6 is 0 Å². The topological polar surface area (TPSA) is 48.7 Å². The van der Waals surface area contributed by atoms with Crippen LogP contribution in [0, 0.1) is 11.3 Å². The number of rotatable bonds is 6. The Morgan fingerprint density at radius 2 is 2.38 bits per heavy atom. The second kappa shape index (κ2) is 6.97. The number of nitrogens with zero attached hydrogens (tertiary/aromatic N) is 2. The summed E-state index contributed by atoms with van der Waals surface area (Å²) < 4.78 is 0. The average Bonchev–Trinajstić information content (AvgIpc) is 2.34. The van der Waals surface area contributed by atoms with Gasteiger partial charge in [-0.2, -0.15) is 5.26 Å². The van der Waals surface area contributed by atoms with Gasteiger partial charge in [-0.15, -0.1) is 0 Å². The molecule has 0 bridgehead atoms. The maximum atomic E-state index is 8.88. The van der Waals surface area contributed by atoms with Crippen LogP contribution in [0.2, 0.25) is 0 Å². The largest absolute Gasteiger partial charge is 0.310 e. The van der Waals surface area contributed by atoms with Crippen molar-refractivity contribution in [1.29, 1.82) is 5.26 Å². The number of aromatic nitrogens is 1. The summed E-state index contributed by atoms with van der Waals surface area (Å²) in [5.74, 6) is 0. The minimum Gasteiger partial charge on any atom is -0.310 e. The van der Waals surface area contributed by atoms with E-state index in [0.29, 0.717) is 11.7 Å². The van der Waals surface area contributed by atoms with E-state index in [1.807, 2.05) is 12.1 Å². The lowest BCUT2D eigenvalue weighted by molar-refractivity contribution is 0.494. The molecule has 16 heavy (non-hydrogen) atoms. The highest BCUT2D eigenvalue weighted by molar-refractivity contribution is 5.30. The predicted octanol–water partition coefficient (Wildman–Crippen LogP) is 2.62. The van der Waals surface area contributed by atoms with Crippen LogP contribution in [-0.4, -0.2) is 11.0 Å². The van der Waals surface area contributed by atoms with E-state index < -0.39 is 0 Å². The van der Waals surface area contributed by atoms with Crippen molar-refractivity contribution in [2.24, 2.45) is 0 Å². The zero-order valence-corrected chi connectivity index (χ0v) is 10.0. The molecule has 0 spiro atoms. The van der Waals surface area contributed by atoms with Crippen molar-refractivity contribution in [3.8, 4) is 6.07 Å². The lowest BCUT2D eigenvalue weighted by atomic mass is 10.1. The number of nitrogens with one attached hydrogen (secondary N) is 1. The molecule has 3 nitrogen and oxygen atoms in total. The van der Waals surface area contributed by atoms with E-state index in [2.05, 4.69) is 30.2 Å². The van der Waals surface area contributed by atoms with E-state index in [4.69, 9.17) is 5.26 Å². The van der Waals surface area contributed by atoms with Crippen molar-refractivity contribution in [3.05, 3.63) is 29.6 Å². The minimum absolute atomic E-state index is 0.492. The van der Waals surface area contributed by atoms with Crippen LogP contribution in [0.25, 0.3) is 0 Å². The van der Waals surface area contributed by atoms with E-state index in [1.54, 1.807) is 6.20 Å². The molecule has 0 fully saturated rings. The van der Waals surface area contributed by atoms with Crippen molar-refractivity contribution >= 4 is 0 Å². The molecule has 86 valence electrons. The summed E-state index contributed by atoms with van der Waals surface area (Å²) in [5.41, 5.74) is 1.51. The molecule has 1 aromatic rings. The van der Waals surface area contributed by atoms with Gasteiger partial charge in [0.2, 0.25) is 0 Å². The second-order valence-corrected chi connectivity index (χ2v) is 4.05. The molecule has 1 rings (SSSR count). The average molecular weight is 217 g/mol. The molecule has 0 saturated carbocycles. The third kappa shape index (κ3) is 4.00. The quantitative estimate of drug-likeness (QED) is 0.796. The summed E-state index contributed by atoms with van der Waals surface area (Å²) in [5, 5.41) is 12.3. The molecule has 1 aromatic heterocycles. The second-order valence-electron chi connectivity index (χ2n) is 4.05. The summed E-state index contributed by atoms with van der Waals surface area (Å²) in [6.07, 6.45) is 5.30. The van der Waals surface area contributed by atoms with Crippen molar-refractivity contribution < 1.29 is 0 Å². The molecule has 0 aliphatic rings. The highest BCUT2D eigenvalue weighted by Crippen LogP contribution is 2.05. The van der Waals surface area contributed by atoms with Gasteiger partial charge in [-0.05, 0) is 19.4 Å². The van der Waals surface area contributed by atoms with Crippen molar-refractivity contribution in [2.45, 2.75) is 45.7 Å². The fourth-order valence-electron chi connectivity index (χ4n) is 1.58. The minimum atomic E-state index is 0.492. The molecule has 0 aliphatic heterocycles. The van der Waals surface area contributed by atoms with Gasteiger partial charge in [0.1, 0.15) is 11.8 Å². The third-order valence-corrected chi connectivity index (χ3v) is 2.63. The van der Waals surface area contributed by atoms with E-state index in [-0.39, 0.29) is 0 Å². The predicted molar refractivity (Wildman–Crippen MR) is 64.8 cm³/mol. The Morgan fingerprint density at radius 3 is 3.06 bits per heavy atom. The summed E-state index contributed by atoms with van der Waals surface area (Å²) in [6, 6.07) is 6.42. The Hall–Kier alpha value is -1.40. The van der Waals surface area contributed by atoms with Crippen LogP contribution in [0.4, 0.5) is 0 Å². The summed E-state index contributed by atoms with van der Waals surface area (Å²) in [4.78, 5) is 4.04. The fraction of sp³-hybridized carbons (Fsp3) is 0.538. The first kappa shape index (κ1) is 12.7. The fourth-order valence-corrected chi connectivity index (χ4v) is 1.58. The first-order valence-corrected chi connectivity index (χ1v) is 5.85. The van der Waals surface area contributed by atoms with Crippen LogP contribution < -0.4 is 5.32 Å². The molecule has 0 saturated heterocycles. The van der Waals surface area contributed by atoms with Gasteiger partial charge in [-0.1, -0.05) is 25.8 Å². The normalized spacial score (nSPS) is 12.1. The number of hydrogen-bond donors (Lipinski definition) is 1. The van der Waals surface area contributed by atoms with Crippen molar-refractivity contribution in [1.82, 2.24) is 10.3 Å². The maximum absolute atomic E-state index is 8.88. The van der Waals surface area contributed by atoms with Crippen LogP contribution in [0.15, 0.2) is 18.3 Å². The van der Waals surface area contributed by atoms with Gasteiger partial charge in [0.25, 0.3) is 0 Å². The lowest BCUT2D eigenvalue weighted by Crippen LogP contribution is -2.25. The SMILES string of the molecule is CCCCC(C)NCc1cccnc1C#N. The Bertz CT molecular complexity index is 354. The smallest absolute Gasteiger partial charge is 0.144 e. The third-order valence-electron chi connectivity index (χ3n) is 2.63. The Balaban J connectivity index is 2.45. The van der Waals surface area contributed by atoms with E-state index in [1.165, 1.54) is 19.3 Å². The Kier molecular flexibility index (Phi) is 5.52. The van der Waals surface area contributed by atoms with Crippen LogP contribution in [-0.2, 0) is 6.54 Å². The maximum Gasteiger partial charge on any atom is 0.144 e. The zero-order chi connectivity index (χ0) is 11.8. The number of nitriles is 1. The van der Waals surface area contributed by atoms with E-state index in [0.717, 1.165) is 12.1 Å². The molecule has 1 unspecified atom stereocenters. The standard InChI is InChI=1S/C13H19N3/c1-3-4-6-11(2)16-10-12-7-5-8-15-13(12)9-14/h5,7-8,11,16H,3-4,6,10H2,1-2H3. The van der Waals surface area contributed by atoms with Gasteiger partial charge in [0.05, 0.1) is 0 Å². The number of hydrogen-bond acceptors (Lipinski definition) is 3. The summed E-state index contributed by atoms with van der Waals surface area (Å²) >= 11 is 0. The van der Waals surface area contributed by atoms with Crippen LogP contribution in [0.5, 0.6) is 0 Å².